The zero-order valence-electron chi connectivity index (χ0n) is 11.4. The van der Waals surface area contributed by atoms with Crippen molar-refractivity contribution < 1.29 is 18.0 Å². The fraction of sp³-hybridized carbons (Fsp3) is 0.538. The number of carbonyl (C=O) groups excluding carboxylic acids is 1. The Morgan fingerprint density at radius 3 is 2.52 bits per heavy atom. The molecular formula is C13H15ClF3N3O. The Bertz CT molecular complexity index is 528. The van der Waals surface area contributed by atoms with Crippen LogP contribution < -0.4 is 10.2 Å². The summed E-state index contributed by atoms with van der Waals surface area (Å²) in [6, 6.07) is 0.884. The minimum atomic E-state index is -4.46. The number of hydrogen-bond acceptors (Lipinski definition) is 3. The molecule has 1 saturated heterocycles. The fourth-order valence-electron chi connectivity index (χ4n) is 2.38. The van der Waals surface area contributed by atoms with Crippen LogP contribution in [0.15, 0.2) is 12.3 Å². The van der Waals surface area contributed by atoms with E-state index in [0.29, 0.717) is 31.7 Å². The summed E-state index contributed by atoms with van der Waals surface area (Å²) >= 11 is 5.91. The number of carbonyl (C=O) groups is 1. The topological polar surface area (TPSA) is 45.2 Å². The summed E-state index contributed by atoms with van der Waals surface area (Å²) in [7, 11) is 1.59. The summed E-state index contributed by atoms with van der Waals surface area (Å²) in [5.74, 6) is 0.251. The van der Waals surface area contributed by atoms with Crippen molar-refractivity contribution in [3.63, 3.8) is 0 Å². The van der Waals surface area contributed by atoms with E-state index in [0.717, 1.165) is 12.3 Å². The van der Waals surface area contributed by atoms with Gasteiger partial charge in [-0.05, 0) is 18.9 Å². The van der Waals surface area contributed by atoms with Gasteiger partial charge in [0.15, 0.2) is 0 Å². The van der Waals surface area contributed by atoms with Crippen LogP contribution in [0.2, 0.25) is 5.02 Å². The molecule has 0 unspecified atom stereocenters. The second-order valence-electron chi connectivity index (χ2n) is 4.90. The lowest BCUT2D eigenvalue weighted by molar-refractivity contribution is -0.137. The molecule has 8 heteroatoms. The van der Waals surface area contributed by atoms with Crippen molar-refractivity contribution in [3.05, 3.63) is 22.8 Å². The van der Waals surface area contributed by atoms with Crippen molar-refractivity contribution in [3.8, 4) is 0 Å². The molecule has 4 nitrogen and oxygen atoms in total. The molecule has 1 aliphatic rings. The zero-order valence-corrected chi connectivity index (χ0v) is 12.1. The lowest BCUT2D eigenvalue weighted by Gasteiger charge is -2.32. The van der Waals surface area contributed by atoms with Gasteiger partial charge in [0.05, 0.1) is 10.6 Å². The SMILES string of the molecule is CNC(=O)C1CCN(c2ncc(C(F)(F)F)cc2Cl)CC1. The number of pyridine rings is 1. The van der Waals surface area contributed by atoms with Crippen LogP contribution in [-0.4, -0.2) is 31.0 Å². The number of alkyl halides is 3. The summed E-state index contributed by atoms with van der Waals surface area (Å²) in [6.45, 7) is 1.08. The minimum absolute atomic E-state index is 0.0128. The highest BCUT2D eigenvalue weighted by atomic mass is 35.5. The van der Waals surface area contributed by atoms with Crippen LogP contribution in [0, 0.1) is 5.92 Å². The van der Waals surface area contributed by atoms with E-state index >= 15 is 0 Å². The molecule has 1 amide bonds. The number of halogens is 4. The van der Waals surface area contributed by atoms with Gasteiger partial charge in [-0.1, -0.05) is 11.6 Å². The second kappa shape index (κ2) is 6.09. The number of rotatable bonds is 2. The second-order valence-corrected chi connectivity index (χ2v) is 5.31. The molecule has 0 radical (unpaired) electrons. The van der Waals surface area contributed by atoms with Gasteiger partial charge in [0.25, 0.3) is 0 Å². The first kappa shape index (κ1) is 15.9. The molecule has 0 aliphatic carbocycles. The monoisotopic (exact) mass is 321 g/mol. The molecule has 1 N–H and O–H groups in total. The van der Waals surface area contributed by atoms with Crippen LogP contribution >= 0.6 is 11.6 Å². The molecule has 2 heterocycles. The number of hydrogen-bond donors (Lipinski definition) is 1. The van der Waals surface area contributed by atoms with E-state index in [-0.39, 0.29) is 16.8 Å². The third kappa shape index (κ3) is 3.58. The third-order valence-corrected chi connectivity index (χ3v) is 3.84. The number of nitrogens with one attached hydrogen (secondary N) is 1. The van der Waals surface area contributed by atoms with Gasteiger partial charge >= 0.3 is 6.18 Å². The number of aromatic nitrogens is 1. The predicted octanol–water partition coefficient (Wildman–Crippen LogP) is 2.72. The standard InChI is InChI=1S/C13H15ClF3N3O/c1-18-12(21)8-2-4-20(5-3-8)11-10(14)6-9(7-19-11)13(15,16)17/h6-8H,2-5H2,1H3,(H,18,21). The Hall–Kier alpha value is -1.50. The molecule has 1 fully saturated rings. The molecule has 1 aromatic heterocycles. The summed E-state index contributed by atoms with van der Waals surface area (Å²) in [5, 5.41) is 2.58. The Labute approximate surface area is 125 Å². The summed E-state index contributed by atoms with van der Waals surface area (Å²) in [6.07, 6.45) is -2.43. The van der Waals surface area contributed by atoms with Crippen LogP contribution in [0.1, 0.15) is 18.4 Å². The van der Waals surface area contributed by atoms with Crippen molar-refractivity contribution in [1.29, 1.82) is 0 Å². The van der Waals surface area contributed by atoms with Crippen LogP contribution in [0.25, 0.3) is 0 Å². The van der Waals surface area contributed by atoms with Crippen molar-refractivity contribution >= 4 is 23.3 Å². The van der Waals surface area contributed by atoms with E-state index in [1.165, 1.54) is 0 Å². The molecule has 0 spiro atoms. The first-order chi connectivity index (χ1) is 9.82. The summed E-state index contributed by atoms with van der Waals surface area (Å²) < 4.78 is 37.7. The number of piperidine rings is 1. The summed E-state index contributed by atoms with van der Waals surface area (Å²) in [4.78, 5) is 17.2. The Morgan fingerprint density at radius 2 is 2.05 bits per heavy atom. The van der Waals surface area contributed by atoms with Crippen molar-refractivity contribution in [2.24, 2.45) is 5.92 Å². The normalized spacial score (nSPS) is 16.9. The zero-order chi connectivity index (χ0) is 15.6. The van der Waals surface area contributed by atoms with Gasteiger partial charge < -0.3 is 10.2 Å². The number of anilines is 1. The van der Waals surface area contributed by atoms with E-state index in [2.05, 4.69) is 10.3 Å². The predicted molar refractivity (Wildman–Crippen MR) is 73.3 cm³/mol. The van der Waals surface area contributed by atoms with Crippen LogP contribution in [0.4, 0.5) is 19.0 Å². The van der Waals surface area contributed by atoms with Gasteiger partial charge in [-0.2, -0.15) is 13.2 Å². The van der Waals surface area contributed by atoms with E-state index in [4.69, 9.17) is 11.6 Å². The highest BCUT2D eigenvalue weighted by Gasteiger charge is 2.32. The maximum absolute atomic E-state index is 12.6. The van der Waals surface area contributed by atoms with Crippen molar-refractivity contribution in [2.75, 3.05) is 25.0 Å². The van der Waals surface area contributed by atoms with Gasteiger partial charge in [0, 0.05) is 32.3 Å². The average Bonchev–Trinajstić information content (AvgIpc) is 2.45. The molecule has 1 aliphatic heterocycles. The molecule has 0 atom stereocenters. The molecule has 1 aromatic rings. The molecular weight excluding hydrogens is 307 g/mol. The molecule has 0 bridgehead atoms. The number of nitrogens with zero attached hydrogens (tertiary/aromatic N) is 2. The van der Waals surface area contributed by atoms with Crippen LogP contribution in [0.3, 0.4) is 0 Å². The van der Waals surface area contributed by atoms with E-state index in [1.54, 1.807) is 7.05 Å². The van der Waals surface area contributed by atoms with Gasteiger partial charge in [-0.25, -0.2) is 4.98 Å². The van der Waals surface area contributed by atoms with E-state index in [9.17, 15) is 18.0 Å². The van der Waals surface area contributed by atoms with Gasteiger partial charge in [0.2, 0.25) is 5.91 Å². The Morgan fingerprint density at radius 1 is 1.43 bits per heavy atom. The lowest BCUT2D eigenvalue weighted by Crippen LogP contribution is -2.40. The van der Waals surface area contributed by atoms with E-state index in [1.807, 2.05) is 4.90 Å². The first-order valence-corrected chi connectivity index (χ1v) is 6.90. The smallest absolute Gasteiger partial charge is 0.359 e. The Kier molecular flexibility index (Phi) is 4.61. The molecule has 2 rings (SSSR count). The van der Waals surface area contributed by atoms with Crippen molar-refractivity contribution in [1.82, 2.24) is 10.3 Å². The van der Waals surface area contributed by atoms with Crippen LogP contribution in [0.5, 0.6) is 0 Å². The van der Waals surface area contributed by atoms with Gasteiger partial charge in [-0.15, -0.1) is 0 Å². The highest BCUT2D eigenvalue weighted by molar-refractivity contribution is 6.33. The number of amides is 1. The first-order valence-electron chi connectivity index (χ1n) is 6.52. The molecule has 0 aromatic carbocycles. The van der Waals surface area contributed by atoms with Gasteiger partial charge in [-0.3, -0.25) is 4.79 Å². The minimum Gasteiger partial charge on any atom is -0.359 e. The van der Waals surface area contributed by atoms with Gasteiger partial charge in [0.1, 0.15) is 5.82 Å². The quantitative estimate of drug-likeness (QED) is 0.911. The molecule has 116 valence electrons. The lowest BCUT2D eigenvalue weighted by atomic mass is 9.96. The molecule has 0 saturated carbocycles. The average molecular weight is 322 g/mol. The van der Waals surface area contributed by atoms with Crippen molar-refractivity contribution in [2.45, 2.75) is 19.0 Å². The maximum Gasteiger partial charge on any atom is 0.417 e. The highest BCUT2D eigenvalue weighted by Crippen LogP contribution is 2.34. The maximum atomic E-state index is 12.6. The van der Waals surface area contributed by atoms with E-state index < -0.39 is 11.7 Å². The van der Waals surface area contributed by atoms with Crippen LogP contribution in [-0.2, 0) is 11.0 Å². The fourth-order valence-corrected chi connectivity index (χ4v) is 2.66. The summed E-state index contributed by atoms with van der Waals surface area (Å²) in [5.41, 5.74) is -0.864. The molecule has 21 heavy (non-hydrogen) atoms. The Balaban J connectivity index is 2.09. The largest absolute Gasteiger partial charge is 0.417 e. The third-order valence-electron chi connectivity index (χ3n) is 3.56.